The minimum Gasteiger partial charge on any atom is -0.497 e. The van der Waals surface area contributed by atoms with E-state index in [-0.39, 0.29) is 30.9 Å². The molecule has 0 spiro atoms. The maximum absolute atomic E-state index is 6.54. The van der Waals surface area contributed by atoms with Crippen molar-refractivity contribution in [2.75, 3.05) is 44.7 Å². The van der Waals surface area contributed by atoms with E-state index in [1.165, 1.54) is 33.3 Å². The van der Waals surface area contributed by atoms with Crippen LogP contribution in [0.15, 0.2) is 60.8 Å². The van der Waals surface area contributed by atoms with Crippen molar-refractivity contribution >= 4 is 41.5 Å². The van der Waals surface area contributed by atoms with Gasteiger partial charge >= 0.3 is 0 Å². The van der Waals surface area contributed by atoms with Crippen molar-refractivity contribution in [3.63, 3.8) is 0 Å². The van der Waals surface area contributed by atoms with Crippen LogP contribution in [0.4, 0.5) is 5.82 Å². The van der Waals surface area contributed by atoms with Gasteiger partial charge in [0, 0.05) is 37.8 Å². The maximum atomic E-state index is 6.54. The zero-order chi connectivity index (χ0) is 25.4. The molecule has 1 unspecified atom stereocenters. The van der Waals surface area contributed by atoms with Crippen molar-refractivity contribution in [1.29, 1.82) is 0 Å². The molecule has 0 N–H and O–H groups in total. The summed E-state index contributed by atoms with van der Waals surface area (Å²) in [5.41, 5.74) is 6.32. The van der Waals surface area contributed by atoms with E-state index in [1.807, 2.05) is 18.3 Å². The first-order valence-corrected chi connectivity index (χ1v) is 13.4. The highest BCUT2D eigenvalue weighted by molar-refractivity contribution is 5.95. The largest absolute Gasteiger partial charge is 0.497 e. The van der Waals surface area contributed by atoms with Gasteiger partial charge in [-0.25, -0.2) is 4.98 Å². The minimum atomic E-state index is 0. The summed E-state index contributed by atoms with van der Waals surface area (Å²) in [6.07, 6.45) is 4.28. The molecule has 0 saturated carbocycles. The van der Waals surface area contributed by atoms with Crippen LogP contribution in [0.2, 0.25) is 0 Å². The average Bonchev–Trinajstić information content (AvgIpc) is 3.21. The molecule has 2 aromatic heterocycles. The van der Waals surface area contributed by atoms with Gasteiger partial charge in [-0.3, -0.25) is 4.90 Å². The summed E-state index contributed by atoms with van der Waals surface area (Å²) < 4.78 is 14.4. The predicted octanol–water partition coefficient (Wildman–Crippen LogP) is 6.54. The minimum absolute atomic E-state index is 0. The fourth-order valence-electron chi connectivity index (χ4n) is 5.95. The van der Waals surface area contributed by atoms with Crippen LogP contribution in [0.25, 0.3) is 22.2 Å². The van der Waals surface area contributed by atoms with Gasteiger partial charge in [0.1, 0.15) is 23.4 Å². The Morgan fingerprint density at radius 2 is 1.74 bits per heavy atom. The highest BCUT2D eigenvalue weighted by atomic mass is 35.5. The molecule has 0 bridgehead atoms. The topological polar surface area (TPSA) is 42.8 Å². The van der Waals surface area contributed by atoms with Gasteiger partial charge in [-0.1, -0.05) is 12.1 Å². The molecule has 1 saturated heterocycles. The SMILES string of the molecule is COc1ccc(-c2c(C)c3cccc4c3n2CC(CCCN2CCN(c3cc(C)ccn3)CC2)O4)cc1.Cl.Cl. The van der Waals surface area contributed by atoms with Crippen molar-refractivity contribution in [3.8, 4) is 22.8 Å². The number of rotatable bonds is 7. The summed E-state index contributed by atoms with van der Waals surface area (Å²) in [5.74, 6) is 3.00. The number of piperazine rings is 1. The summed E-state index contributed by atoms with van der Waals surface area (Å²) in [6.45, 7) is 10.6. The van der Waals surface area contributed by atoms with Crippen molar-refractivity contribution in [2.45, 2.75) is 39.3 Å². The monoisotopic (exact) mass is 568 g/mol. The second kappa shape index (κ2) is 12.5. The Hall–Kier alpha value is -2.93. The van der Waals surface area contributed by atoms with Crippen LogP contribution in [-0.4, -0.2) is 60.4 Å². The molecule has 208 valence electrons. The van der Waals surface area contributed by atoms with Gasteiger partial charge < -0.3 is 18.9 Å². The molecule has 6 rings (SSSR count). The summed E-state index contributed by atoms with van der Waals surface area (Å²) in [7, 11) is 1.71. The van der Waals surface area contributed by atoms with E-state index in [0.29, 0.717) is 0 Å². The zero-order valence-corrected chi connectivity index (χ0v) is 24.6. The van der Waals surface area contributed by atoms with Crippen LogP contribution in [0, 0.1) is 13.8 Å². The molecule has 0 aliphatic carbocycles. The molecule has 2 aromatic carbocycles. The fraction of sp³-hybridized carbons (Fsp3) is 0.387. The number of halogens is 2. The first-order valence-electron chi connectivity index (χ1n) is 13.4. The van der Waals surface area contributed by atoms with Crippen LogP contribution in [-0.2, 0) is 6.54 Å². The lowest BCUT2D eigenvalue weighted by Gasteiger charge is -2.36. The Kier molecular flexibility index (Phi) is 9.31. The third-order valence-corrected chi connectivity index (χ3v) is 7.94. The smallest absolute Gasteiger partial charge is 0.144 e. The Bertz CT molecular complexity index is 1400. The average molecular weight is 570 g/mol. The summed E-state index contributed by atoms with van der Waals surface area (Å²) >= 11 is 0. The number of hydrogen-bond donors (Lipinski definition) is 0. The van der Waals surface area contributed by atoms with Gasteiger partial charge in [0.15, 0.2) is 0 Å². The van der Waals surface area contributed by atoms with E-state index in [9.17, 15) is 0 Å². The molecule has 4 heterocycles. The highest BCUT2D eigenvalue weighted by Gasteiger charge is 2.27. The number of aryl methyl sites for hydroxylation is 2. The second-order valence-corrected chi connectivity index (χ2v) is 10.4. The summed E-state index contributed by atoms with van der Waals surface area (Å²) in [5, 5.41) is 1.28. The lowest BCUT2D eigenvalue weighted by Crippen LogP contribution is -2.47. The molecule has 4 aromatic rings. The number of nitrogens with zero attached hydrogens (tertiary/aromatic N) is 4. The number of benzene rings is 2. The quantitative estimate of drug-likeness (QED) is 0.253. The molecule has 6 nitrogen and oxygen atoms in total. The van der Waals surface area contributed by atoms with E-state index in [4.69, 9.17) is 9.47 Å². The third kappa shape index (κ3) is 5.84. The third-order valence-electron chi connectivity index (χ3n) is 7.94. The van der Waals surface area contributed by atoms with Gasteiger partial charge in [0.25, 0.3) is 0 Å². The van der Waals surface area contributed by atoms with Crippen molar-refractivity contribution in [1.82, 2.24) is 14.5 Å². The van der Waals surface area contributed by atoms with Crippen LogP contribution < -0.4 is 14.4 Å². The van der Waals surface area contributed by atoms with Gasteiger partial charge in [0.05, 0.1) is 24.9 Å². The van der Waals surface area contributed by atoms with Crippen molar-refractivity contribution < 1.29 is 9.47 Å². The van der Waals surface area contributed by atoms with Crippen LogP contribution in [0.1, 0.15) is 24.0 Å². The fourth-order valence-corrected chi connectivity index (χ4v) is 5.95. The molecular formula is C31H38Cl2N4O2. The highest BCUT2D eigenvalue weighted by Crippen LogP contribution is 2.41. The number of anilines is 1. The van der Waals surface area contributed by atoms with E-state index < -0.39 is 0 Å². The first-order chi connectivity index (χ1) is 18.1. The van der Waals surface area contributed by atoms with E-state index >= 15 is 0 Å². The molecule has 39 heavy (non-hydrogen) atoms. The Morgan fingerprint density at radius 3 is 2.46 bits per heavy atom. The molecule has 2 aliphatic rings. The molecule has 1 fully saturated rings. The summed E-state index contributed by atoms with van der Waals surface area (Å²) in [4.78, 5) is 9.56. The van der Waals surface area contributed by atoms with E-state index in [1.54, 1.807) is 7.11 Å². The van der Waals surface area contributed by atoms with Crippen LogP contribution in [0.3, 0.4) is 0 Å². The van der Waals surface area contributed by atoms with Crippen LogP contribution in [0.5, 0.6) is 11.5 Å². The second-order valence-electron chi connectivity index (χ2n) is 10.4. The lowest BCUT2D eigenvalue weighted by molar-refractivity contribution is 0.150. The normalized spacial score (nSPS) is 16.8. The molecule has 0 radical (unpaired) electrons. The van der Waals surface area contributed by atoms with E-state index in [0.717, 1.165) is 69.4 Å². The number of aromatic nitrogens is 2. The molecule has 2 aliphatic heterocycles. The van der Waals surface area contributed by atoms with Crippen LogP contribution >= 0.6 is 24.8 Å². The number of hydrogen-bond acceptors (Lipinski definition) is 5. The Balaban J connectivity index is 0.00000176. The molecule has 8 heteroatoms. The number of ether oxygens (including phenoxy) is 2. The number of methoxy groups -OCH3 is 1. The van der Waals surface area contributed by atoms with Crippen molar-refractivity contribution in [2.24, 2.45) is 0 Å². The molecule has 0 amide bonds. The Labute approximate surface area is 243 Å². The van der Waals surface area contributed by atoms with Gasteiger partial charge in [0.2, 0.25) is 0 Å². The Morgan fingerprint density at radius 1 is 0.974 bits per heavy atom. The van der Waals surface area contributed by atoms with Gasteiger partial charge in [-0.05, 0) is 92.4 Å². The van der Waals surface area contributed by atoms with Crippen molar-refractivity contribution in [3.05, 3.63) is 71.9 Å². The van der Waals surface area contributed by atoms with Gasteiger partial charge in [-0.15, -0.1) is 24.8 Å². The predicted molar refractivity (Wildman–Crippen MR) is 164 cm³/mol. The number of pyridine rings is 1. The maximum Gasteiger partial charge on any atom is 0.144 e. The zero-order valence-electron chi connectivity index (χ0n) is 22.9. The van der Waals surface area contributed by atoms with Gasteiger partial charge in [-0.2, -0.15) is 0 Å². The molecular weight excluding hydrogens is 531 g/mol. The standard InChI is InChI=1S/C31H36N4O2.2ClH/c1-22-13-14-32-29(20-22)34-18-16-33(17-19-34)15-5-6-26-21-35-30(24-9-11-25(36-3)12-10-24)23(2)27-7-4-8-28(37-26)31(27)35;;/h4,7-14,20,26H,5-6,15-19,21H2,1-3H3;2*1H. The molecule has 1 atom stereocenters. The first kappa shape index (κ1) is 29.1. The number of para-hydroxylation sites is 1. The van der Waals surface area contributed by atoms with E-state index in [2.05, 4.69) is 75.7 Å². The lowest BCUT2D eigenvalue weighted by atomic mass is 10.1. The summed E-state index contributed by atoms with van der Waals surface area (Å²) in [6, 6.07) is 19.1.